The molecule has 0 aromatic heterocycles. The Morgan fingerprint density at radius 2 is 1.78 bits per heavy atom. The summed E-state index contributed by atoms with van der Waals surface area (Å²) in [6, 6.07) is 7.71. The fraction of sp³-hybridized carbons (Fsp3) is 0.625. The maximum atomic E-state index is 12.6. The first-order valence-corrected chi connectivity index (χ1v) is 7.64. The van der Waals surface area contributed by atoms with Gasteiger partial charge in [0.25, 0.3) is 0 Å². The van der Waals surface area contributed by atoms with Crippen LogP contribution in [0.2, 0.25) is 0 Å². The summed E-state index contributed by atoms with van der Waals surface area (Å²) in [5, 5.41) is 12.3. The molecular weight excluding hydrogens is 309 g/mol. The number of nitrogens with one attached hydrogen (secondary N) is 1. The van der Waals surface area contributed by atoms with Crippen LogP contribution in [-0.4, -0.2) is 49.7 Å². The maximum absolute atomic E-state index is 12.6. The maximum Gasteiger partial charge on any atom is 0.418 e. The fourth-order valence-electron chi connectivity index (χ4n) is 2.58. The van der Waals surface area contributed by atoms with Gasteiger partial charge in [-0.25, -0.2) is 0 Å². The predicted octanol–water partition coefficient (Wildman–Crippen LogP) is 2.57. The summed E-state index contributed by atoms with van der Waals surface area (Å²) in [4.78, 5) is 2.19. The van der Waals surface area contributed by atoms with Gasteiger partial charge in [0.05, 0.1) is 7.11 Å². The SMILES string of the molecule is COc1ccc(N2CCC(NCC(C)(O)C(F)(F)F)CC2)cc1. The molecule has 0 amide bonds. The molecule has 0 spiro atoms. The molecule has 2 N–H and O–H groups in total. The number of nitrogens with zero attached hydrogens (tertiary/aromatic N) is 1. The zero-order valence-corrected chi connectivity index (χ0v) is 13.4. The van der Waals surface area contributed by atoms with Crippen LogP contribution in [0.1, 0.15) is 19.8 Å². The van der Waals surface area contributed by atoms with Gasteiger partial charge in [0, 0.05) is 31.4 Å². The van der Waals surface area contributed by atoms with E-state index >= 15 is 0 Å². The van der Waals surface area contributed by atoms with Crippen molar-refractivity contribution < 1.29 is 23.0 Å². The number of benzene rings is 1. The highest BCUT2D eigenvalue weighted by Gasteiger charge is 2.49. The van der Waals surface area contributed by atoms with Crippen LogP contribution in [0.4, 0.5) is 18.9 Å². The second-order valence-electron chi connectivity index (χ2n) is 6.11. The Labute approximate surface area is 134 Å². The van der Waals surface area contributed by atoms with Crippen LogP contribution in [0.3, 0.4) is 0 Å². The molecule has 1 heterocycles. The normalized spacial score (nSPS) is 19.5. The molecule has 23 heavy (non-hydrogen) atoms. The minimum absolute atomic E-state index is 0.0154. The van der Waals surface area contributed by atoms with E-state index in [1.807, 2.05) is 24.3 Å². The minimum atomic E-state index is -4.62. The highest BCUT2D eigenvalue weighted by Crippen LogP contribution is 2.30. The summed E-state index contributed by atoms with van der Waals surface area (Å²) in [6.07, 6.45) is -3.15. The number of piperidine rings is 1. The summed E-state index contributed by atoms with van der Waals surface area (Å²) >= 11 is 0. The minimum Gasteiger partial charge on any atom is -0.497 e. The van der Waals surface area contributed by atoms with Gasteiger partial charge in [-0.1, -0.05) is 0 Å². The van der Waals surface area contributed by atoms with E-state index in [4.69, 9.17) is 4.74 Å². The van der Waals surface area contributed by atoms with Gasteiger partial charge >= 0.3 is 6.18 Å². The first-order valence-electron chi connectivity index (χ1n) is 7.64. The molecule has 1 saturated heterocycles. The van der Waals surface area contributed by atoms with E-state index in [1.165, 1.54) is 0 Å². The van der Waals surface area contributed by atoms with Crippen molar-refractivity contribution in [1.82, 2.24) is 5.32 Å². The highest BCUT2D eigenvalue weighted by atomic mass is 19.4. The van der Waals surface area contributed by atoms with Crippen LogP contribution in [0.25, 0.3) is 0 Å². The van der Waals surface area contributed by atoms with Gasteiger partial charge in [0.1, 0.15) is 5.75 Å². The van der Waals surface area contributed by atoms with Crippen LogP contribution in [0.15, 0.2) is 24.3 Å². The van der Waals surface area contributed by atoms with E-state index in [2.05, 4.69) is 10.2 Å². The van der Waals surface area contributed by atoms with E-state index in [0.717, 1.165) is 44.3 Å². The Morgan fingerprint density at radius 1 is 1.22 bits per heavy atom. The van der Waals surface area contributed by atoms with Crippen molar-refractivity contribution in [1.29, 1.82) is 0 Å². The largest absolute Gasteiger partial charge is 0.497 e. The number of rotatable bonds is 5. The first kappa shape index (κ1) is 17.9. The summed E-state index contributed by atoms with van der Waals surface area (Å²) in [5.41, 5.74) is -1.62. The van der Waals surface area contributed by atoms with E-state index in [1.54, 1.807) is 7.11 Å². The van der Waals surface area contributed by atoms with Gasteiger partial charge in [-0.15, -0.1) is 0 Å². The molecule has 2 rings (SSSR count). The Hall–Kier alpha value is -1.47. The lowest BCUT2D eigenvalue weighted by molar-refractivity contribution is -0.250. The van der Waals surface area contributed by atoms with Crippen LogP contribution in [0.5, 0.6) is 5.75 Å². The van der Waals surface area contributed by atoms with Gasteiger partial charge in [0.2, 0.25) is 0 Å². The molecule has 0 saturated carbocycles. The molecule has 1 aliphatic heterocycles. The third-order valence-corrected chi connectivity index (χ3v) is 4.28. The van der Waals surface area contributed by atoms with Gasteiger partial charge in [-0.05, 0) is 44.0 Å². The second-order valence-corrected chi connectivity index (χ2v) is 6.11. The zero-order chi connectivity index (χ0) is 17.1. The number of anilines is 1. The molecule has 4 nitrogen and oxygen atoms in total. The van der Waals surface area contributed by atoms with E-state index < -0.39 is 18.3 Å². The molecule has 1 aromatic rings. The molecule has 130 valence electrons. The summed E-state index contributed by atoms with van der Waals surface area (Å²) in [6.45, 7) is 1.84. The van der Waals surface area contributed by atoms with Crippen molar-refractivity contribution >= 4 is 5.69 Å². The average Bonchev–Trinajstić information content (AvgIpc) is 2.52. The molecule has 1 aromatic carbocycles. The predicted molar refractivity (Wildman–Crippen MR) is 82.9 cm³/mol. The highest BCUT2D eigenvalue weighted by molar-refractivity contribution is 5.49. The monoisotopic (exact) mass is 332 g/mol. The van der Waals surface area contributed by atoms with Crippen molar-refractivity contribution in [3.05, 3.63) is 24.3 Å². The topological polar surface area (TPSA) is 44.7 Å². The number of aliphatic hydroxyl groups is 1. The van der Waals surface area contributed by atoms with Crippen molar-refractivity contribution in [3.8, 4) is 5.75 Å². The fourth-order valence-corrected chi connectivity index (χ4v) is 2.58. The molecular formula is C16H23F3N2O2. The first-order chi connectivity index (χ1) is 10.7. The number of hydrogen-bond acceptors (Lipinski definition) is 4. The summed E-state index contributed by atoms with van der Waals surface area (Å²) in [5.74, 6) is 0.791. The van der Waals surface area contributed by atoms with Crippen molar-refractivity contribution in [2.45, 2.75) is 37.6 Å². The van der Waals surface area contributed by atoms with Crippen molar-refractivity contribution in [2.75, 3.05) is 31.6 Å². The summed E-state index contributed by atoms with van der Waals surface area (Å²) in [7, 11) is 1.61. The van der Waals surface area contributed by atoms with Crippen LogP contribution in [-0.2, 0) is 0 Å². The van der Waals surface area contributed by atoms with Crippen molar-refractivity contribution in [2.24, 2.45) is 0 Å². The number of hydrogen-bond donors (Lipinski definition) is 2. The van der Waals surface area contributed by atoms with Gasteiger partial charge < -0.3 is 20.1 Å². The van der Waals surface area contributed by atoms with Crippen LogP contribution < -0.4 is 15.0 Å². The third kappa shape index (κ3) is 4.51. The molecule has 1 aliphatic rings. The Balaban J connectivity index is 1.82. The van der Waals surface area contributed by atoms with E-state index in [0.29, 0.717) is 0 Å². The van der Waals surface area contributed by atoms with Crippen LogP contribution >= 0.6 is 0 Å². The third-order valence-electron chi connectivity index (χ3n) is 4.28. The quantitative estimate of drug-likeness (QED) is 0.870. The molecule has 1 fully saturated rings. The van der Waals surface area contributed by atoms with Gasteiger partial charge in [-0.2, -0.15) is 13.2 Å². The molecule has 1 atom stereocenters. The van der Waals surface area contributed by atoms with Gasteiger partial charge in [-0.3, -0.25) is 0 Å². The Morgan fingerprint density at radius 3 is 2.26 bits per heavy atom. The average molecular weight is 332 g/mol. The second kappa shape index (κ2) is 6.97. The lowest BCUT2D eigenvalue weighted by Crippen LogP contribution is -2.53. The van der Waals surface area contributed by atoms with Crippen LogP contribution in [0, 0.1) is 0 Å². The van der Waals surface area contributed by atoms with E-state index in [9.17, 15) is 18.3 Å². The van der Waals surface area contributed by atoms with Crippen molar-refractivity contribution in [3.63, 3.8) is 0 Å². The molecule has 1 unspecified atom stereocenters. The Kier molecular flexibility index (Phi) is 5.41. The number of ether oxygens (including phenoxy) is 1. The molecule has 0 radical (unpaired) electrons. The smallest absolute Gasteiger partial charge is 0.418 e. The Bertz CT molecular complexity index is 495. The number of alkyl halides is 3. The van der Waals surface area contributed by atoms with Gasteiger partial charge in [0.15, 0.2) is 5.60 Å². The summed E-state index contributed by atoms with van der Waals surface area (Å²) < 4.78 is 43.0. The standard InChI is InChI=1S/C16H23F3N2O2/c1-15(22,16(17,18)19)11-20-12-7-9-21(10-8-12)13-3-5-14(23-2)6-4-13/h3-6,12,20,22H,7-11H2,1-2H3. The molecule has 7 heteroatoms. The lowest BCUT2D eigenvalue weighted by atomic mass is 10.0. The zero-order valence-electron chi connectivity index (χ0n) is 13.4. The van der Waals surface area contributed by atoms with E-state index in [-0.39, 0.29) is 6.04 Å². The molecule has 0 bridgehead atoms. The number of halogens is 3. The molecule has 0 aliphatic carbocycles. The lowest BCUT2D eigenvalue weighted by Gasteiger charge is -2.36. The number of methoxy groups -OCH3 is 1.